The zero-order valence-corrected chi connectivity index (χ0v) is 12.4. The van der Waals surface area contributed by atoms with Gasteiger partial charge in [0.05, 0.1) is 5.54 Å². The number of carbonyl (C=O) groups excluding carboxylic acids is 2. The van der Waals surface area contributed by atoms with Gasteiger partial charge in [0.1, 0.15) is 5.82 Å². The number of halogens is 1. The van der Waals surface area contributed by atoms with Gasteiger partial charge in [-0.1, -0.05) is 13.0 Å². The summed E-state index contributed by atoms with van der Waals surface area (Å²) in [4.78, 5) is 24.2. The lowest BCUT2D eigenvalue weighted by atomic mass is 10.1. The van der Waals surface area contributed by atoms with Gasteiger partial charge < -0.3 is 0 Å². The lowest BCUT2D eigenvalue weighted by molar-refractivity contribution is -0.139. The fourth-order valence-electron chi connectivity index (χ4n) is 1.73. The molecule has 1 aromatic carbocycles. The van der Waals surface area contributed by atoms with Crippen LogP contribution >= 0.6 is 0 Å². The van der Waals surface area contributed by atoms with Gasteiger partial charge in [-0.2, -0.15) is 0 Å². The molecule has 2 amide bonds. The van der Waals surface area contributed by atoms with E-state index in [1.807, 2.05) is 27.7 Å². The van der Waals surface area contributed by atoms with Crippen LogP contribution in [0, 0.1) is 5.82 Å². The van der Waals surface area contributed by atoms with Crippen LogP contribution < -0.4 is 5.43 Å². The van der Waals surface area contributed by atoms with Crippen LogP contribution in [0.2, 0.25) is 0 Å². The highest BCUT2D eigenvalue weighted by Gasteiger charge is 2.28. The first-order chi connectivity index (χ1) is 9.25. The van der Waals surface area contributed by atoms with Gasteiger partial charge in [0.25, 0.3) is 5.91 Å². The van der Waals surface area contributed by atoms with E-state index in [1.165, 1.54) is 23.2 Å². The number of nitrogens with one attached hydrogen (secondary N) is 1. The number of hydrogen-bond donors (Lipinski definition) is 1. The van der Waals surface area contributed by atoms with Crippen LogP contribution in [-0.4, -0.2) is 22.4 Å². The number of benzene rings is 1. The monoisotopic (exact) mass is 280 g/mol. The first kappa shape index (κ1) is 16.1. The summed E-state index contributed by atoms with van der Waals surface area (Å²) in [5.41, 5.74) is 2.20. The fourth-order valence-corrected chi connectivity index (χ4v) is 1.73. The van der Waals surface area contributed by atoms with E-state index in [4.69, 9.17) is 0 Å². The first-order valence-electron chi connectivity index (χ1n) is 6.65. The molecule has 0 saturated carbocycles. The van der Waals surface area contributed by atoms with Crippen LogP contribution in [0.5, 0.6) is 0 Å². The van der Waals surface area contributed by atoms with Crippen LogP contribution in [0.3, 0.4) is 0 Å². The molecule has 1 aromatic rings. The summed E-state index contributed by atoms with van der Waals surface area (Å²) >= 11 is 0. The highest BCUT2D eigenvalue weighted by Crippen LogP contribution is 2.14. The lowest BCUT2D eigenvalue weighted by Crippen LogP contribution is -2.55. The van der Waals surface area contributed by atoms with Crippen molar-refractivity contribution in [3.8, 4) is 0 Å². The van der Waals surface area contributed by atoms with Gasteiger partial charge in [-0.3, -0.25) is 15.0 Å². The Balaban J connectivity index is 2.90. The van der Waals surface area contributed by atoms with Gasteiger partial charge in [0, 0.05) is 12.0 Å². The standard InChI is InChI=1S/C15H21FN2O2/c1-5-7-13(19)18(15(2,3)4)17-14(20)11-8-6-9-12(16)10-11/h6,8-10H,5,7H2,1-4H3,(H,17,20). The minimum absolute atomic E-state index is 0.162. The Bertz CT molecular complexity index is 495. The Morgan fingerprint density at radius 3 is 2.45 bits per heavy atom. The number of carbonyl (C=O) groups is 2. The van der Waals surface area contributed by atoms with Crippen LogP contribution in [-0.2, 0) is 4.79 Å². The molecule has 0 aliphatic carbocycles. The molecule has 0 radical (unpaired) electrons. The summed E-state index contributed by atoms with van der Waals surface area (Å²) in [6.45, 7) is 7.37. The molecule has 0 aliphatic heterocycles. The second kappa shape index (κ2) is 6.50. The molecule has 0 saturated heterocycles. The summed E-state index contributed by atoms with van der Waals surface area (Å²) in [5, 5.41) is 1.31. The average Bonchev–Trinajstić information content (AvgIpc) is 2.34. The zero-order chi connectivity index (χ0) is 15.3. The second-order valence-electron chi connectivity index (χ2n) is 5.60. The summed E-state index contributed by atoms with van der Waals surface area (Å²) in [6, 6.07) is 5.37. The molecular weight excluding hydrogens is 259 g/mol. The Morgan fingerprint density at radius 2 is 1.95 bits per heavy atom. The predicted octanol–water partition coefficient (Wildman–Crippen LogP) is 2.90. The maximum atomic E-state index is 13.1. The van der Waals surface area contributed by atoms with Crippen LogP contribution in [0.1, 0.15) is 50.9 Å². The molecule has 4 nitrogen and oxygen atoms in total. The van der Waals surface area contributed by atoms with Gasteiger partial charge in [-0.25, -0.2) is 9.40 Å². The lowest BCUT2D eigenvalue weighted by Gasteiger charge is -2.35. The van der Waals surface area contributed by atoms with Crippen molar-refractivity contribution in [2.75, 3.05) is 0 Å². The van der Waals surface area contributed by atoms with E-state index in [0.717, 1.165) is 6.07 Å². The molecule has 0 heterocycles. The summed E-state index contributed by atoms with van der Waals surface area (Å²) < 4.78 is 13.1. The molecule has 0 bridgehead atoms. The SMILES string of the molecule is CCCC(=O)N(NC(=O)c1cccc(F)c1)C(C)(C)C. The normalized spacial score (nSPS) is 11.1. The molecule has 0 aliphatic rings. The molecule has 0 aromatic heterocycles. The van der Waals surface area contributed by atoms with Crippen molar-refractivity contribution in [1.82, 2.24) is 10.4 Å². The molecule has 1 rings (SSSR count). The van der Waals surface area contributed by atoms with Crippen molar-refractivity contribution >= 4 is 11.8 Å². The topological polar surface area (TPSA) is 49.4 Å². The van der Waals surface area contributed by atoms with Gasteiger partial charge >= 0.3 is 0 Å². The Hall–Kier alpha value is -1.91. The third kappa shape index (κ3) is 4.33. The van der Waals surface area contributed by atoms with Crippen molar-refractivity contribution < 1.29 is 14.0 Å². The van der Waals surface area contributed by atoms with E-state index >= 15 is 0 Å². The fraction of sp³-hybridized carbons (Fsp3) is 0.467. The molecule has 1 N–H and O–H groups in total. The minimum Gasteiger partial charge on any atom is -0.273 e. The van der Waals surface area contributed by atoms with Gasteiger partial charge in [-0.05, 0) is 45.4 Å². The second-order valence-corrected chi connectivity index (χ2v) is 5.60. The van der Waals surface area contributed by atoms with Gasteiger partial charge in [0.15, 0.2) is 0 Å². The molecule has 0 spiro atoms. The number of hydrazine groups is 1. The van der Waals surface area contributed by atoms with E-state index < -0.39 is 17.3 Å². The molecule has 110 valence electrons. The van der Waals surface area contributed by atoms with Crippen molar-refractivity contribution in [2.24, 2.45) is 0 Å². The number of hydrogen-bond acceptors (Lipinski definition) is 2. The molecule has 0 unspecified atom stereocenters. The summed E-state index contributed by atoms with van der Waals surface area (Å²) in [5.74, 6) is -1.14. The van der Waals surface area contributed by atoms with Crippen LogP contribution in [0.15, 0.2) is 24.3 Å². The van der Waals surface area contributed by atoms with E-state index in [9.17, 15) is 14.0 Å². The third-order valence-corrected chi connectivity index (χ3v) is 2.68. The van der Waals surface area contributed by atoms with Crippen molar-refractivity contribution in [3.63, 3.8) is 0 Å². The van der Waals surface area contributed by atoms with Crippen molar-refractivity contribution in [2.45, 2.75) is 46.1 Å². The maximum absolute atomic E-state index is 13.1. The third-order valence-electron chi connectivity index (χ3n) is 2.68. The number of amides is 2. The molecular formula is C15H21FN2O2. The molecule has 0 atom stereocenters. The highest BCUT2D eigenvalue weighted by atomic mass is 19.1. The zero-order valence-electron chi connectivity index (χ0n) is 12.4. The average molecular weight is 280 g/mol. The van der Waals surface area contributed by atoms with Gasteiger partial charge in [0.2, 0.25) is 5.91 Å². The van der Waals surface area contributed by atoms with E-state index in [1.54, 1.807) is 0 Å². The van der Waals surface area contributed by atoms with Crippen LogP contribution in [0.25, 0.3) is 0 Å². The molecule has 20 heavy (non-hydrogen) atoms. The number of nitrogens with zero attached hydrogens (tertiary/aromatic N) is 1. The molecule has 5 heteroatoms. The summed E-state index contributed by atoms with van der Waals surface area (Å²) in [6.07, 6.45) is 1.04. The molecule has 0 fully saturated rings. The van der Waals surface area contributed by atoms with Crippen LogP contribution in [0.4, 0.5) is 4.39 Å². The van der Waals surface area contributed by atoms with E-state index in [2.05, 4.69) is 5.43 Å². The Kier molecular flexibility index (Phi) is 5.25. The largest absolute Gasteiger partial charge is 0.273 e. The Labute approximate surface area is 118 Å². The predicted molar refractivity (Wildman–Crippen MR) is 75.4 cm³/mol. The smallest absolute Gasteiger partial charge is 0.269 e. The Morgan fingerprint density at radius 1 is 1.30 bits per heavy atom. The van der Waals surface area contributed by atoms with Crippen molar-refractivity contribution in [3.05, 3.63) is 35.6 Å². The van der Waals surface area contributed by atoms with Gasteiger partial charge in [-0.15, -0.1) is 0 Å². The first-order valence-corrected chi connectivity index (χ1v) is 6.65. The van der Waals surface area contributed by atoms with Crippen molar-refractivity contribution in [1.29, 1.82) is 0 Å². The minimum atomic E-state index is -0.546. The highest BCUT2D eigenvalue weighted by molar-refractivity contribution is 5.95. The van der Waals surface area contributed by atoms with E-state index in [-0.39, 0.29) is 11.5 Å². The quantitative estimate of drug-likeness (QED) is 0.865. The number of rotatable bonds is 3. The summed E-state index contributed by atoms with van der Waals surface area (Å²) in [7, 11) is 0. The van der Waals surface area contributed by atoms with E-state index in [0.29, 0.717) is 12.8 Å². The maximum Gasteiger partial charge on any atom is 0.269 e.